The third kappa shape index (κ3) is 4.56. The molecule has 0 fully saturated rings. The molecule has 112 valence electrons. The molecule has 0 aliphatic carbocycles. The Morgan fingerprint density at radius 1 is 1.33 bits per heavy atom. The molecule has 0 aliphatic heterocycles. The van der Waals surface area contributed by atoms with Crippen molar-refractivity contribution in [2.45, 2.75) is 19.6 Å². The molecule has 2 rings (SSSR count). The molecule has 1 aromatic heterocycles. The minimum Gasteiger partial charge on any atom is -0.481 e. The third-order valence-electron chi connectivity index (χ3n) is 2.90. The predicted octanol–water partition coefficient (Wildman–Crippen LogP) is 3.90. The molecule has 2 N–H and O–H groups in total. The standard InChI is InChI=1S/C15H16BrNO3S/c1-20-9-12-13(16)3-2-4-14(12)17-8-11-6-5-10(21-11)7-15(18)19/h2-6,17H,7-9H2,1H3,(H,18,19). The van der Waals surface area contributed by atoms with Gasteiger partial charge < -0.3 is 15.2 Å². The average Bonchev–Trinajstić information content (AvgIpc) is 2.86. The van der Waals surface area contributed by atoms with Crippen LogP contribution in [0.1, 0.15) is 15.3 Å². The van der Waals surface area contributed by atoms with Gasteiger partial charge in [0, 0.05) is 39.1 Å². The number of nitrogens with one attached hydrogen (secondary N) is 1. The van der Waals surface area contributed by atoms with Gasteiger partial charge in [0.05, 0.1) is 13.0 Å². The van der Waals surface area contributed by atoms with Crippen LogP contribution >= 0.6 is 27.3 Å². The first-order valence-corrected chi connectivity index (χ1v) is 8.00. The van der Waals surface area contributed by atoms with Crippen molar-refractivity contribution in [3.05, 3.63) is 50.1 Å². The van der Waals surface area contributed by atoms with Crippen molar-refractivity contribution in [3.8, 4) is 0 Å². The highest BCUT2D eigenvalue weighted by Gasteiger charge is 2.08. The minimum absolute atomic E-state index is 0.0798. The van der Waals surface area contributed by atoms with Crippen molar-refractivity contribution in [2.24, 2.45) is 0 Å². The van der Waals surface area contributed by atoms with Crippen LogP contribution in [0.5, 0.6) is 0 Å². The number of carbonyl (C=O) groups is 1. The largest absolute Gasteiger partial charge is 0.481 e. The third-order valence-corrected chi connectivity index (χ3v) is 4.73. The highest BCUT2D eigenvalue weighted by molar-refractivity contribution is 9.10. The lowest BCUT2D eigenvalue weighted by Gasteiger charge is -2.12. The number of thiophene rings is 1. The predicted molar refractivity (Wildman–Crippen MR) is 87.8 cm³/mol. The Kier molecular flexibility index (Phi) is 5.78. The molecule has 2 aromatic rings. The highest BCUT2D eigenvalue weighted by Crippen LogP contribution is 2.27. The van der Waals surface area contributed by atoms with Gasteiger partial charge >= 0.3 is 5.97 Å². The van der Waals surface area contributed by atoms with Gasteiger partial charge in [-0.05, 0) is 24.3 Å². The first kappa shape index (κ1) is 16.0. The van der Waals surface area contributed by atoms with Crippen LogP contribution in [0.2, 0.25) is 0 Å². The number of aliphatic carboxylic acids is 1. The SMILES string of the molecule is COCc1c(Br)cccc1NCc1ccc(CC(=O)O)s1. The van der Waals surface area contributed by atoms with Crippen LogP contribution in [-0.2, 0) is 29.1 Å². The molecular weight excluding hydrogens is 354 g/mol. The Morgan fingerprint density at radius 2 is 2.10 bits per heavy atom. The van der Waals surface area contributed by atoms with Crippen LogP contribution in [0.15, 0.2) is 34.8 Å². The number of ether oxygens (including phenoxy) is 1. The molecule has 1 heterocycles. The topological polar surface area (TPSA) is 58.6 Å². The number of anilines is 1. The molecule has 0 radical (unpaired) electrons. The van der Waals surface area contributed by atoms with Crippen molar-refractivity contribution in [1.82, 2.24) is 0 Å². The number of benzene rings is 1. The van der Waals surface area contributed by atoms with Crippen molar-refractivity contribution in [3.63, 3.8) is 0 Å². The second-order valence-electron chi connectivity index (χ2n) is 4.49. The van der Waals surface area contributed by atoms with E-state index in [2.05, 4.69) is 21.2 Å². The lowest BCUT2D eigenvalue weighted by molar-refractivity contribution is -0.136. The monoisotopic (exact) mass is 369 g/mol. The number of carboxylic acid groups (broad SMARTS) is 1. The molecule has 1 aromatic carbocycles. The smallest absolute Gasteiger partial charge is 0.308 e. The number of halogens is 1. The molecule has 0 saturated carbocycles. The summed E-state index contributed by atoms with van der Waals surface area (Å²) in [5.74, 6) is -0.800. The molecule has 0 atom stereocenters. The van der Waals surface area contributed by atoms with Crippen LogP contribution in [0.25, 0.3) is 0 Å². The quantitative estimate of drug-likeness (QED) is 0.776. The fraction of sp³-hybridized carbons (Fsp3) is 0.267. The summed E-state index contributed by atoms with van der Waals surface area (Å²) in [7, 11) is 1.67. The average molecular weight is 370 g/mol. The van der Waals surface area contributed by atoms with Crippen molar-refractivity contribution in [2.75, 3.05) is 12.4 Å². The zero-order valence-corrected chi connectivity index (χ0v) is 14.0. The summed E-state index contributed by atoms with van der Waals surface area (Å²) in [5.41, 5.74) is 2.08. The maximum Gasteiger partial charge on any atom is 0.308 e. The zero-order valence-electron chi connectivity index (χ0n) is 11.6. The Morgan fingerprint density at radius 3 is 2.81 bits per heavy atom. The normalized spacial score (nSPS) is 10.6. The molecule has 21 heavy (non-hydrogen) atoms. The van der Waals surface area contributed by atoms with Gasteiger partial charge in [-0.3, -0.25) is 4.79 Å². The maximum atomic E-state index is 10.7. The second kappa shape index (κ2) is 7.59. The number of hydrogen-bond acceptors (Lipinski definition) is 4. The van der Waals surface area contributed by atoms with Crippen LogP contribution < -0.4 is 5.32 Å². The van der Waals surface area contributed by atoms with E-state index in [0.717, 1.165) is 25.5 Å². The van der Waals surface area contributed by atoms with E-state index in [1.807, 2.05) is 30.3 Å². The lowest BCUT2D eigenvalue weighted by Crippen LogP contribution is -2.02. The first-order chi connectivity index (χ1) is 10.1. The van der Waals surface area contributed by atoms with Gasteiger partial charge in [-0.25, -0.2) is 0 Å². The summed E-state index contributed by atoms with van der Waals surface area (Å²) in [6.45, 7) is 1.19. The Balaban J connectivity index is 2.04. The van der Waals surface area contributed by atoms with Gasteiger partial charge in [0.25, 0.3) is 0 Å². The van der Waals surface area contributed by atoms with Crippen LogP contribution in [0, 0.1) is 0 Å². The summed E-state index contributed by atoms with van der Waals surface area (Å²) < 4.78 is 6.22. The van der Waals surface area contributed by atoms with Crippen molar-refractivity contribution >= 4 is 38.9 Å². The molecule has 0 amide bonds. The number of carboxylic acids is 1. The molecule has 0 spiro atoms. The van der Waals surface area contributed by atoms with E-state index in [4.69, 9.17) is 9.84 Å². The Hall–Kier alpha value is -1.37. The summed E-state index contributed by atoms with van der Waals surface area (Å²) in [6.07, 6.45) is 0.0798. The molecule has 0 aliphatic rings. The number of rotatable bonds is 7. The van der Waals surface area contributed by atoms with Crippen LogP contribution in [-0.4, -0.2) is 18.2 Å². The van der Waals surface area contributed by atoms with Gasteiger partial charge in [0.2, 0.25) is 0 Å². The number of hydrogen-bond donors (Lipinski definition) is 2. The molecule has 6 heteroatoms. The molecule has 0 bridgehead atoms. The maximum absolute atomic E-state index is 10.7. The fourth-order valence-corrected chi connectivity index (χ4v) is 3.39. The summed E-state index contributed by atoms with van der Waals surface area (Å²) >= 11 is 5.04. The van der Waals surface area contributed by atoms with Crippen molar-refractivity contribution < 1.29 is 14.6 Å². The zero-order chi connectivity index (χ0) is 15.2. The Labute approximate surface area is 135 Å². The van der Waals surface area contributed by atoms with Gasteiger partial charge in [0.15, 0.2) is 0 Å². The van der Waals surface area contributed by atoms with Crippen molar-refractivity contribution in [1.29, 1.82) is 0 Å². The summed E-state index contributed by atoms with van der Waals surface area (Å²) in [4.78, 5) is 12.7. The van der Waals surface area contributed by atoms with Gasteiger partial charge in [-0.15, -0.1) is 11.3 Å². The molecular formula is C15H16BrNO3S. The second-order valence-corrected chi connectivity index (χ2v) is 6.60. The van der Waals surface area contributed by atoms with E-state index in [-0.39, 0.29) is 6.42 Å². The van der Waals surface area contributed by atoms with E-state index in [0.29, 0.717) is 13.2 Å². The molecule has 0 saturated heterocycles. The van der Waals surface area contributed by atoms with Gasteiger partial charge in [0.1, 0.15) is 0 Å². The minimum atomic E-state index is -0.800. The van der Waals surface area contributed by atoms with E-state index < -0.39 is 5.97 Å². The molecule has 0 unspecified atom stereocenters. The summed E-state index contributed by atoms with van der Waals surface area (Å²) in [5, 5.41) is 12.2. The first-order valence-electron chi connectivity index (χ1n) is 6.39. The van der Waals surface area contributed by atoms with E-state index >= 15 is 0 Å². The lowest BCUT2D eigenvalue weighted by atomic mass is 10.2. The van der Waals surface area contributed by atoms with E-state index in [9.17, 15) is 4.79 Å². The highest BCUT2D eigenvalue weighted by atomic mass is 79.9. The Bertz CT molecular complexity index is 627. The number of methoxy groups -OCH3 is 1. The van der Waals surface area contributed by atoms with E-state index in [1.165, 1.54) is 11.3 Å². The van der Waals surface area contributed by atoms with Crippen LogP contribution in [0.3, 0.4) is 0 Å². The van der Waals surface area contributed by atoms with E-state index in [1.54, 1.807) is 7.11 Å². The van der Waals surface area contributed by atoms with Gasteiger partial charge in [-0.1, -0.05) is 22.0 Å². The summed E-state index contributed by atoms with van der Waals surface area (Å²) in [6, 6.07) is 9.78. The van der Waals surface area contributed by atoms with Gasteiger partial charge in [-0.2, -0.15) is 0 Å². The fourth-order valence-electron chi connectivity index (χ4n) is 1.96. The van der Waals surface area contributed by atoms with Crippen LogP contribution in [0.4, 0.5) is 5.69 Å². The molecule has 4 nitrogen and oxygen atoms in total.